The maximum absolute atomic E-state index is 9.39. The minimum absolute atomic E-state index is 0.0479. The fourth-order valence-corrected chi connectivity index (χ4v) is 3.54. The van der Waals surface area contributed by atoms with Crippen molar-refractivity contribution >= 4 is 5.69 Å². The molecule has 1 saturated heterocycles. The van der Waals surface area contributed by atoms with Gasteiger partial charge in [0.25, 0.3) is 0 Å². The van der Waals surface area contributed by atoms with Crippen LogP contribution in [0.4, 0.5) is 5.69 Å². The quantitative estimate of drug-likeness (QED) is 0.919. The molecule has 1 aromatic carbocycles. The third kappa shape index (κ3) is 2.97. The number of hydrogen-bond acceptors (Lipinski definition) is 5. The molecule has 2 aromatic rings. The van der Waals surface area contributed by atoms with Gasteiger partial charge in [-0.3, -0.25) is 4.98 Å². The van der Waals surface area contributed by atoms with Crippen LogP contribution in [0.2, 0.25) is 0 Å². The molecular formula is C19H22N2O3. The van der Waals surface area contributed by atoms with Gasteiger partial charge in [-0.2, -0.15) is 0 Å². The smallest absolute Gasteiger partial charge is 0.131 e. The molecule has 0 radical (unpaired) electrons. The minimum atomic E-state index is -0.229. The Balaban J connectivity index is 1.73. The van der Waals surface area contributed by atoms with E-state index in [1.54, 1.807) is 6.20 Å². The third-order valence-corrected chi connectivity index (χ3v) is 4.87. The number of pyridine rings is 1. The van der Waals surface area contributed by atoms with E-state index >= 15 is 0 Å². The Morgan fingerprint density at radius 2 is 2.00 bits per heavy atom. The molecule has 5 nitrogen and oxygen atoms in total. The highest BCUT2D eigenvalue weighted by Crippen LogP contribution is 2.36. The lowest BCUT2D eigenvalue weighted by molar-refractivity contribution is -0.0390. The summed E-state index contributed by atoms with van der Waals surface area (Å²) in [7, 11) is 0. The zero-order chi connectivity index (χ0) is 16.4. The SMILES string of the molecule is OCc1cc(N2Cc3ccccc3OC3(CCOCC3)C2)ccn1. The van der Waals surface area contributed by atoms with E-state index in [1.807, 2.05) is 24.3 Å². The number of anilines is 1. The maximum Gasteiger partial charge on any atom is 0.131 e. The second-order valence-electron chi connectivity index (χ2n) is 6.52. The molecule has 0 saturated carbocycles. The molecule has 0 bridgehead atoms. The average Bonchev–Trinajstić information content (AvgIpc) is 2.79. The summed E-state index contributed by atoms with van der Waals surface area (Å²) in [5.74, 6) is 0.971. The molecule has 0 aliphatic carbocycles. The lowest BCUT2D eigenvalue weighted by Crippen LogP contribution is -2.49. The van der Waals surface area contributed by atoms with Crippen molar-refractivity contribution in [3.8, 4) is 5.75 Å². The summed E-state index contributed by atoms with van der Waals surface area (Å²) < 4.78 is 12.1. The minimum Gasteiger partial charge on any atom is -0.485 e. The number of aliphatic hydroxyl groups is 1. The van der Waals surface area contributed by atoms with Gasteiger partial charge >= 0.3 is 0 Å². The van der Waals surface area contributed by atoms with E-state index in [0.717, 1.165) is 50.6 Å². The van der Waals surface area contributed by atoms with Crippen molar-refractivity contribution in [1.29, 1.82) is 0 Å². The Hall–Kier alpha value is -2.11. The molecule has 0 unspecified atom stereocenters. The fourth-order valence-electron chi connectivity index (χ4n) is 3.54. The summed E-state index contributed by atoms with van der Waals surface area (Å²) in [5.41, 5.74) is 2.71. The van der Waals surface area contributed by atoms with Gasteiger partial charge in [0.05, 0.1) is 32.1 Å². The van der Waals surface area contributed by atoms with Crippen molar-refractivity contribution in [2.75, 3.05) is 24.7 Å². The number of hydrogen-bond donors (Lipinski definition) is 1. The normalized spacial score (nSPS) is 19.5. The fraction of sp³-hybridized carbons (Fsp3) is 0.421. The van der Waals surface area contributed by atoms with E-state index in [-0.39, 0.29) is 12.2 Å². The van der Waals surface area contributed by atoms with E-state index in [2.05, 4.69) is 22.0 Å². The van der Waals surface area contributed by atoms with Gasteiger partial charge in [-0.1, -0.05) is 18.2 Å². The summed E-state index contributed by atoms with van der Waals surface area (Å²) >= 11 is 0. The van der Waals surface area contributed by atoms with Gasteiger partial charge in [-0.25, -0.2) is 0 Å². The Morgan fingerprint density at radius 1 is 1.17 bits per heavy atom. The molecule has 1 spiro atoms. The second-order valence-corrected chi connectivity index (χ2v) is 6.52. The topological polar surface area (TPSA) is 54.8 Å². The number of benzene rings is 1. The Kier molecular flexibility index (Phi) is 4.12. The lowest BCUT2D eigenvalue weighted by atomic mass is 9.93. The molecule has 4 rings (SSSR count). The molecule has 1 fully saturated rings. The number of aliphatic hydroxyl groups excluding tert-OH is 1. The largest absolute Gasteiger partial charge is 0.485 e. The van der Waals surface area contributed by atoms with Crippen LogP contribution in [0.3, 0.4) is 0 Å². The first-order valence-corrected chi connectivity index (χ1v) is 8.43. The first kappa shape index (κ1) is 15.4. The van der Waals surface area contributed by atoms with Gasteiger partial charge in [0.15, 0.2) is 0 Å². The predicted molar refractivity (Wildman–Crippen MR) is 91.1 cm³/mol. The van der Waals surface area contributed by atoms with Crippen molar-refractivity contribution in [3.05, 3.63) is 53.9 Å². The second kappa shape index (κ2) is 6.42. The van der Waals surface area contributed by atoms with Crippen LogP contribution in [0, 0.1) is 0 Å². The highest BCUT2D eigenvalue weighted by molar-refractivity contribution is 5.50. The summed E-state index contributed by atoms with van der Waals surface area (Å²) in [6, 6.07) is 12.2. The van der Waals surface area contributed by atoms with Crippen molar-refractivity contribution in [3.63, 3.8) is 0 Å². The summed E-state index contributed by atoms with van der Waals surface area (Å²) in [6.45, 7) is 3.00. The summed E-state index contributed by atoms with van der Waals surface area (Å²) in [6.07, 6.45) is 3.53. The van der Waals surface area contributed by atoms with Gasteiger partial charge in [0.2, 0.25) is 0 Å². The van der Waals surface area contributed by atoms with Crippen LogP contribution in [0.25, 0.3) is 0 Å². The Morgan fingerprint density at radius 3 is 2.83 bits per heavy atom. The molecule has 1 aromatic heterocycles. The van der Waals surface area contributed by atoms with E-state index < -0.39 is 0 Å². The van der Waals surface area contributed by atoms with E-state index in [4.69, 9.17) is 9.47 Å². The third-order valence-electron chi connectivity index (χ3n) is 4.87. The molecule has 0 amide bonds. The first-order valence-electron chi connectivity index (χ1n) is 8.43. The Labute approximate surface area is 141 Å². The molecule has 3 heterocycles. The number of ether oxygens (including phenoxy) is 2. The van der Waals surface area contributed by atoms with Crippen LogP contribution >= 0.6 is 0 Å². The highest BCUT2D eigenvalue weighted by atomic mass is 16.5. The van der Waals surface area contributed by atoms with Crippen molar-refractivity contribution in [1.82, 2.24) is 4.98 Å². The van der Waals surface area contributed by atoms with Gasteiger partial charge < -0.3 is 19.5 Å². The highest BCUT2D eigenvalue weighted by Gasteiger charge is 2.39. The zero-order valence-electron chi connectivity index (χ0n) is 13.6. The number of nitrogens with zero attached hydrogens (tertiary/aromatic N) is 2. The van der Waals surface area contributed by atoms with Gasteiger partial charge in [0.1, 0.15) is 11.4 Å². The number of aromatic nitrogens is 1. The number of rotatable bonds is 2. The van der Waals surface area contributed by atoms with Crippen molar-refractivity contribution in [2.24, 2.45) is 0 Å². The van der Waals surface area contributed by atoms with Crippen LogP contribution in [-0.2, 0) is 17.9 Å². The molecule has 0 atom stereocenters. The lowest BCUT2D eigenvalue weighted by Gasteiger charge is -2.39. The number of fused-ring (bicyclic) bond motifs is 1. The van der Waals surface area contributed by atoms with Crippen LogP contribution in [0.15, 0.2) is 42.6 Å². The average molecular weight is 326 g/mol. The Bertz CT molecular complexity index is 713. The molecule has 2 aliphatic rings. The molecular weight excluding hydrogens is 304 g/mol. The number of para-hydroxylation sites is 1. The van der Waals surface area contributed by atoms with E-state index in [1.165, 1.54) is 5.56 Å². The van der Waals surface area contributed by atoms with Gasteiger partial charge in [-0.15, -0.1) is 0 Å². The summed E-state index contributed by atoms with van der Waals surface area (Å²) in [4.78, 5) is 6.53. The van der Waals surface area contributed by atoms with E-state index in [9.17, 15) is 5.11 Å². The van der Waals surface area contributed by atoms with Crippen LogP contribution < -0.4 is 9.64 Å². The van der Waals surface area contributed by atoms with Gasteiger partial charge in [0, 0.05) is 36.8 Å². The predicted octanol–water partition coefficient (Wildman–Crippen LogP) is 2.52. The molecule has 1 N–H and O–H groups in total. The zero-order valence-corrected chi connectivity index (χ0v) is 13.6. The standard InChI is InChI=1S/C19H22N2O3/c22-13-16-11-17(5-8-20-16)21-12-15-3-1-2-4-18(15)24-19(14-21)6-9-23-10-7-19/h1-5,8,11,22H,6-7,9-10,12-14H2. The molecule has 126 valence electrons. The van der Waals surface area contributed by atoms with E-state index in [0.29, 0.717) is 5.69 Å². The van der Waals surface area contributed by atoms with Crippen LogP contribution in [0.1, 0.15) is 24.1 Å². The molecule has 2 aliphatic heterocycles. The first-order chi connectivity index (χ1) is 11.8. The van der Waals surface area contributed by atoms with Crippen LogP contribution in [-0.4, -0.2) is 35.5 Å². The monoisotopic (exact) mass is 326 g/mol. The van der Waals surface area contributed by atoms with Crippen molar-refractivity contribution in [2.45, 2.75) is 31.6 Å². The van der Waals surface area contributed by atoms with Gasteiger partial charge in [-0.05, 0) is 18.2 Å². The van der Waals surface area contributed by atoms with Crippen molar-refractivity contribution < 1.29 is 14.6 Å². The maximum atomic E-state index is 9.39. The summed E-state index contributed by atoms with van der Waals surface area (Å²) in [5, 5.41) is 9.39. The molecule has 5 heteroatoms. The van der Waals surface area contributed by atoms with Crippen LogP contribution in [0.5, 0.6) is 5.75 Å². The molecule has 24 heavy (non-hydrogen) atoms.